The summed E-state index contributed by atoms with van der Waals surface area (Å²) < 4.78 is 29.1. The number of amides is 2. The minimum atomic E-state index is -3.24. The molecule has 9 nitrogen and oxygen atoms in total. The van der Waals surface area contributed by atoms with Crippen molar-refractivity contribution in [2.24, 2.45) is 0 Å². The van der Waals surface area contributed by atoms with Crippen LogP contribution < -0.4 is 15.5 Å². The fourth-order valence-electron chi connectivity index (χ4n) is 3.36. The Labute approximate surface area is 189 Å². The number of morpholine rings is 1. The van der Waals surface area contributed by atoms with E-state index in [1.807, 2.05) is 12.1 Å². The zero-order valence-electron chi connectivity index (χ0n) is 18.6. The molecule has 0 atom stereocenters. The summed E-state index contributed by atoms with van der Waals surface area (Å²) >= 11 is 0. The van der Waals surface area contributed by atoms with Gasteiger partial charge in [-0.15, -0.1) is 0 Å². The fraction of sp³-hybridized carbons (Fsp3) is 0.500. The number of nitrogens with one attached hydrogen (secondary N) is 2. The summed E-state index contributed by atoms with van der Waals surface area (Å²) in [5.41, 5.74) is 1.85. The zero-order valence-corrected chi connectivity index (χ0v) is 19.5. The van der Waals surface area contributed by atoms with Gasteiger partial charge in [-0.05, 0) is 30.7 Å². The molecule has 0 spiro atoms. The lowest BCUT2D eigenvalue weighted by molar-refractivity contribution is 0.122. The molecule has 174 valence electrons. The van der Waals surface area contributed by atoms with Crippen molar-refractivity contribution in [1.82, 2.24) is 15.3 Å². The third-order valence-electron chi connectivity index (χ3n) is 4.98. The molecule has 2 heterocycles. The highest BCUT2D eigenvalue weighted by Gasteiger charge is 2.17. The molecule has 2 N–H and O–H groups in total. The van der Waals surface area contributed by atoms with Crippen LogP contribution in [0.5, 0.6) is 0 Å². The largest absolute Gasteiger partial charge is 0.378 e. The van der Waals surface area contributed by atoms with Crippen LogP contribution in [0.15, 0.2) is 30.3 Å². The number of urea groups is 1. The lowest BCUT2D eigenvalue weighted by Crippen LogP contribution is -2.37. The van der Waals surface area contributed by atoms with Crippen LogP contribution in [0.3, 0.4) is 0 Å². The van der Waals surface area contributed by atoms with Crippen molar-refractivity contribution in [3.05, 3.63) is 36.0 Å². The molecule has 1 aliphatic rings. The highest BCUT2D eigenvalue weighted by Crippen LogP contribution is 2.23. The molecule has 2 amide bonds. The van der Waals surface area contributed by atoms with Crippen molar-refractivity contribution >= 4 is 27.4 Å². The Balaban J connectivity index is 1.76. The van der Waals surface area contributed by atoms with E-state index in [4.69, 9.17) is 4.74 Å². The SMILES string of the molecule is CCCCCNC(=O)Nc1ccc(-c2nc(CS(C)(=O)=O)cc(N3CCOCC3)n2)cc1. The number of anilines is 2. The normalized spacial score (nSPS) is 14.2. The monoisotopic (exact) mass is 461 g/mol. The molecule has 1 aliphatic heterocycles. The predicted molar refractivity (Wildman–Crippen MR) is 126 cm³/mol. The second kappa shape index (κ2) is 11.2. The summed E-state index contributed by atoms with van der Waals surface area (Å²) in [6, 6.07) is 8.68. The van der Waals surface area contributed by atoms with Crippen LogP contribution in [0.25, 0.3) is 11.4 Å². The van der Waals surface area contributed by atoms with E-state index in [0.29, 0.717) is 55.9 Å². The van der Waals surface area contributed by atoms with Crippen LogP contribution in [0, 0.1) is 0 Å². The van der Waals surface area contributed by atoms with E-state index >= 15 is 0 Å². The van der Waals surface area contributed by atoms with Crippen LogP contribution >= 0.6 is 0 Å². The number of carbonyl (C=O) groups excluding carboxylic acids is 1. The number of ether oxygens (including phenoxy) is 1. The maximum atomic E-state index is 12.0. The first-order chi connectivity index (χ1) is 15.3. The van der Waals surface area contributed by atoms with Gasteiger partial charge in [0.25, 0.3) is 0 Å². The van der Waals surface area contributed by atoms with Crippen LogP contribution in [-0.4, -0.2) is 63.5 Å². The van der Waals surface area contributed by atoms with E-state index in [0.717, 1.165) is 24.8 Å². The Morgan fingerprint density at radius 1 is 1.12 bits per heavy atom. The number of rotatable bonds is 9. The van der Waals surface area contributed by atoms with Gasteiger partial charge < -0.3 is 20.3 Å². The van der Waals surface area contributed by atoms with E-state index in [9.17, 15) is 13.2 Å². The maximum absolute atomic E-state index is 12.0. The first kappa shape index (κ1) is 23.9. The van der Waals surface area contributed by atoms with Crippen LogP contribution in [-0.2, 0) is 20.3 Å². The minimum absolute atomic E-state index is 0.155. The summed E-state index contributed by atoms with van der Waals surface area (Å²) in [7, 11) is -3.24. The van der Waals surface area contributed by atoms with Crippen molar-refractivity contribution in [2.75, 3.05) is 49.3 Å². The van der Waals surface area contributed by atoms with Gasteiger partial charge in [-0.25, -0.2) is 23.2 Å². The Morgan fingerprint density at radius 2 is 1.84 bits per heavy atom. The van der Waals surface area contributed by atoms with Gasteiger partial charge >= 0.3 is 6.03 Å². The first-order valence-electron chi connectivity index (χ1n) is 10.9. The summed E-state index contributed by atoms with van der Waals surface area (Å²) in [6.45, 7) is 5.33. The topological polar surface area (TPSA) is 114 Å². The van der Waals surface area contributed by atoms with E-state index in [1.54, 1.807) is 18.2 Å². The van der Waals surface area contributed by atoms with Crippen molar-refractivity contribution < 1.29 is 17.9 Å². The number of carbonyl (C=O) groups is 1. The summed E-state index contributed by atoms with van der Waals surface area (Å²) in [5, 5.41) is 5.65. The van der Waals surface area contributed by atoms with Gasteiger partial charge in [0, 0.05) is 43.2 Å². The van der Waals surface area contributed by atoms with Crippen molar-refractivity contribution in [2.45, 2.75) is 31.9 Å². The molecular weight excluding hydrogens is 430 g/mol. The number of nitrogens with zero attached hydrogens (tertiary/aromatic N) is 3. The number of hydrogen-bond acceptors (Lipinski definition) is 7. The molecular formula is C22H31N5O4S. The van der Waals surface area contributed by atoms with Gasteiger partial charge in [-0.1, -0.05) is 19.8 Å². The molecule has 32 heavy (non-hydrogen) atoms. The van der Waals surface area contributed by atoms with Crippen LogP contribution in [0.1, 0.15) is 31.9 Å². The number of aromatic nitrogens is 2. The lowest BCUT2D eigenvalue weighted by atomic mass is 10.2. The second-order valence-electron chi connectivity index (χ2n) is 7.88. The molecule has 1 fully saturated rings. The molecule has 2 aromatic rings. The summed E-state index contributed by atoms with van der Waals surface area (Å²) in [6.07, 6.45) is 4.33. The highest BCUT2D eigenvalue weighted by molar-refractivity contribution is 7.89. The molecule has 1 saturated heterocycles. The first-order valence-corrected chi connectivity index (χ1v) is 12.9. The standard InChI is InChI=1S/C22H31N5O4S/c1-3-4-5-10-23-22(28)25-18-8-6-17(7-9-18)21-24-19(16-32(2,29)30)15-20(26-21)27-11-13-31-14-12-27/h6-9,15H,3-5,10-14,16H2,1-2H3,(H2,23,25,28). The molecule has 0 radical (unpaired) electrons. The second-order valence-corrected chi connectivity index (χ2v) is 10.0. The van der Waals surface area contributed by atoms with Crippen molar-refractivity contribution in [3.63, 3.8) is 0 Å². The average molecular weight is 462 g/mol. The molecule has 0 bridgehead atoms. The Hall–Kier alpha value is -2.72. The van der Waals surface area contributed by atoms with Crippen LogP contribution in [0.2, 0.25) is 0 Å². The van der Waals surface area contributed by atoms with Gasteiger partial charge in [-0.3, -0.25) is 0 Å². The summed E-state index contributed by atoms with van der Waals surface area (Å²) in [4.78, 5) is 23.2. The number of sulfone groups is 1. The Morgan fingerprint density at radius 3 is 2.50 bits per heavy atom. The maximum Gasteiger partial charge on any atom is 0.319 e. The fourth-order valence-corrected chi connectivity index (χ4v) is 4.05. The summed E-state index contributed by atoms with van der Waals surface area (Å²) in [5.74, 6) is 0.978. The van der Waals surface area contributed by atoms with Gasteiger partial charge in [0.2, 0.25) is 0 Å². The molecule has 0 unspecified atom stereocenters. The molecule has 10 heteroatoms. The highest BCUT2D eigenvalue weighted by atomic mass is 32.2. The van der Waals surface area contributed by atoms with E-state index in [1.165, 1.54) is 6.26 Å². The number of hydrogen-bond donors (Lipinski definition) is 2. The molecule has 3 rings (SSSR count). The Bertz CT molecular complexity index is 1010. The molecule has 0 saturated carbocycles. The third-order valence-corrected chi connectivity index (χ3v) is 5.80. The smallest absolute Gasteiger partial charge is 0.319 e. The van der Waals surface area contributed by atoms with E-state index in [2.05, 4.69) is 32.4 Å². The van der Waals surface area contributed by atoms with E-state index < -0.39 is 9.84 Å². The number of benzene rings is 1. The quantitative estimate of drug-likeness (QED) is 0.552. The van der Waals surface area contributed by atoms with E-state index in [-0.39, 0.29) is 11.8 Å². The minimum Gasteiger partial charge on any atom is -0.378 e. The predicted octanol–water partition coefficient (Wildman–Crippen LogP) is 2.84. The van der Waals surface area contributed by atoms with Gasteiger partial charge in [0.05, 0.1) is 24.7 Å². The van der Waals surface area contributed by atoms with Crippen LogP contribution in [0.4, 0.5) is 16.3 Å². The molecule has 0 aliphatic carbocycles. The lowest BCUT2D eigenvalue weighted by Gasteiger charge is -2.28. The van der Waals surface area contributed by atoms with Crippen molar-refractivity contribution in [3.8, 4) is 11.4 Å². The van der Waals surface area contributed by atoms with Gasteiger partial charge in [-0.2, -0.15) is 0 Å². The van der Waals surface area contributed by atoms with Gasteiger partial charge in [0.1, 0.15) is 5.82 Å². The molecule has 1 aromatic heterocycles. The Kier molecular flexibility index (Phi) is 8.40. The zero-order chi connectivity index (χ0) is 23.0. The number of unbranched alkanes of at least 4 members (excludes halogenated alkanes) is 2. The van der Waals surface area contributed by atoms with Gasteiger partial charge in [0.15, 0.2) is 15.7 Å². The molecule has 1 aromatic carbocycles. The third kappa shape index (κ3) is 7.45. The average Bonchev–Trinajstić information content (AvgIpc) is 2.76. The van der Waals surface area contributed by atoms with Crippen molar-refractivity contribution in [1.29, 1.82) is 0 Å².